The van der Waals surface area contributed by atoms with Crippen molar-refractivity contribution >= 4 is 0 Å². The average molecular weight is 192 g/mol. The summed E-state index contributed by atoms with van der Waals surface area (Å²) in [5.74, 6) is 0. The summed E-state index contributed by atoms with van der Waals surface area (Å²) in [6.07, 6.45) is 19.5. The molecule has 0 unspecified atom stereocenters. The Morgan fingerprint density at radius 1 is 0.857 bits per heavy atom. The van der Waals surface area contributed by atoms with Gasteiger partial charge in [0.1, 0.15) is 0 Å². The van der Waals surface area contributed by atoms with Crippen LogP contribution in [-0.2, 0) is 0 Å². The molecular formula is C13H20O. The molecule has 0 fully saturated rings. The van der Waals surface area contributed by atoms with Gasteiger partial charge in [0.2, 0.25) is 0 Å². The van der Waals surface area contributed by atoms with Crippen LogP contribution in [0.3, 0.4) is 0 Å². The molecule has 0 amide bonds. The van der Waals surface area contributed by atoms with Crippen molar-refractivity contribution in [3.05, 3.63) is 48.8 Å². The highest BCUT2D eigenvalue weighted by molar-refractivity contribution is 5.14. The zero-order valence-corrected chi connectivity index (χ0v) is 8.89. The van der Waals surface area contributed by atoms with Gasteiger partial charge >= 0.3 is 0 Å². The number of aliphatic hydroxyl groups is 1. The van der Waals surface area contributed by atoms with Crippen LogP contribution in [0.15, 0.2) is 48.8 Å². The zero-order valence-electron chi connectivity index (χ0n) is 8.89. The number of hydrogen-bond donors (Lipinski definition) is 1. The van der Waals surface area contributed by atoms with Crippen LogP contribution >= 0.6 is 0 Å². The summed E-state index contributed by atoms with van der Waals surface area (Å²) >= 11 is 0. The molecule has 0 aliphatic heterocycles. The molecule has 78 valence electrons. The Labute approximate surface area is 87.2 Å². The minimum absolute atomic E-state index is 1.02. The highest BCUT2D eigenvalue weighted by atomic mass is 16.2. The molecule has 0 aromatic rings. The summed E-state index contributed by atoms with van der Waals surface area (Å²) in [5, 5.41) is 8.32. The van der Waals surface area contributed by atoms with Crippen molar-refractivity contribution in [3.8, 4) is 0 Å². The molecule has 0 rings (SSSR count). The first kappa shape index (κ1) is 12.8. The van der Waals surface area contributed by atoms with E-state index in [4.69, 9.17) is 5.11 Å². The van der Waals surface area contributed by atoms with Crippen molar-refractivity contribution in [3.63, 3.8) is 0 Å². The Bertz CT molecular complexity index is 209. The van der Waals surface area contributed by atoms with Gasteiger partial charge in [-0.05, 0) is 18.9 Å². The smallest absolute Gasteiger partial charge is 0.0791 e. The lowest BCUT2D eigenvalue weighted by atomic mass is 10.2. The van der Waals surface area contributed by atoms with Crippen molar-refractivity contribution in [2.75, 3.05) is 0 Å². The van der Waals surface area contributed by atoms with Gasteiger partial charge in [0.05, 0.1) is 6.26 Å². The van der Waals surface area contributed by atoms with Crippen molar-refractivity contribution in [2.24, 2.45) is 0 Å². The van der Waals surface area contributed by atoms with E-state index in [-0.39, 0.29) is 0 Å². The summed E-state index contributed by atoms with van der Waals surface area (Å²) in [7, 11) is 0. The number of hydrogen-bond acceptors (Lipinski definition) is 1. The fourth-order valence-electron chi connectivity index (χ4n) is 0.993. The number of aliphatic hydroxyl groups excluding tert-OH is 1. The summed E-state index contributed by atoms with van der Waals surface area (Å²) in [6, 6.07) is 0. The SMILES string of the molecule is CCCCCC=CC=CC=CC=CO. The molecule has 0 spiro atoms. The normalized spacial score (nSPS) is 12.9. The van der Waals surface area contributed by atoms with E-state index in [2.05, 4.69) is 19.1 Å². The van der Waals surface area contributed by atoms with Gasteiger partial charge in [-0.15, -0.1) is 0 Å². The van der Waals surface area contributed by atoms with Crippen molar-refractivity contribution in [2.45, 2.75) is 32.6 Å². The maximum Gasteiger partial charge on any atom is 0.0791 e. The quantitative estimate of drug-likeness (QED) is 0.362. The molecule has 0 aliphatic carbocycles. The second-order valence-corrected chi connectivity index (χ2v) is 3.04. The summed E-state index contributed by atoms with van der Waals surface area (Å²) in [6.45, 7) is 2.21. The zero-order chi connectivity index (χ0) is 10.5. The van der Waals surface area contributed by atoms with E-state index in [9.17, 15) is 0 Å². The molecule has 0 bridgehead atoms. The predicted molar refractivity (Wildman–Crippen MR) is 63.3 cm³/mol. The van der Waals surface area contributed by atoms with E-state index in [0.717, 1.165) is 6.26 Å². The number of allylic oxidation sites excluding steroid dienone is 7. The Balaban J connectivity index is 3.41. The second-order valence-electron chi connectivity index (χ2n) is 3.04. The van der Waals surface area contributed by atoms with E-state index < -0.39 is 0 Å². The van der Waals surface area contributed by atoms with Crippen LogP contribution in [0.4, 0.5) is 0 Å². The fraction of sp³-hybridized carbons (Fsp3) is 0.385. The Kier molecular flexibility index (Phi) is 10.7. The van der Waals surface area contributed by atoms with Gasteiger partial charge in [-0.3, -0.25) is 0 Å². The van der Waals surface area contributed by atoms with Crippen LogP contribution in [0, 0.1) is 0 Å². The monoisotopic (exact) mass is 192 g/mol. The van der Waals surface area contributed by atoms with Crippen LogP contribution in [0.2, 0.25) is 0 Å². The second kappa shape index (κ2) is 11.8. The molecule has 0 aromatic heterocycles. The molecule has 0 aliphatic rings. The maximum atomic E-state index is 8.32. The van der Waals surface area contributed by atoms with E-state index in [1.54, 1.807) is 12.2 Å². The van der Waals surface area contributed by atoms with E-state index >= 15 is 0 Å². The van der Waals surface area contributed by atoms with Crippen LogP contribution in [-0.4, -0.2) is 5.11 Å². The molecule has 14 heavy (non-hydrogen) atoms. The lowest BCUT2D eigenvalue weighted by Gasteiger charge is -1.89. The molecule has 0 saturated heterocycles. The summed E-state index contributed by atoms with van der Waals surface area (Å²) < 4.78 is 0. The minimum Gasteiger partial charge on any atom is -0.516 e. The Morgan fingerprint density at radius 3 is 2.14 bits per heavy atom. The number of rotatable bonds is 7. The lowest BCUT2D eigenvalue weighted by Crippen LogP contribution is -1.69. The molecule has 0 heterocycles. The standard InChI is InChI=1S/C13H20O/c1-2-3-4-5-6-7-8-9-10-11-12-13-14/h6-14H,2-5H2,1H3. The van der Waals surface area contributed by atoms with Gasteiger partial charge in [-0.2, -0.15) is 0 Å². The maximum absolute atomic E-state index is 8.32. The molecule has 0 aromatic carbocycles. The molecule has 0 atom stereocenters. The third-order valence-electron chi connectivity index (χ3n) is 1.75. The van der Waals surface area contributed by atoms with Gasteiger partial charge in [0.25, 0.3) is 0 Å². The molecule has 0 radical (unpaired) electrons. The molecule has 1 nitrogen and oxygen atoms in total. The number of unbranched alkanes of at least 4 members (excludes halogenated alkanes) is 3. The lowest BCUT2D eigenvalue weighted by molar-refractivity contribution is 0.474. The van der Waals surface area contributed by atoms with E-state index in [1.807, 2.05) is 18.2 Å². The summed E-state index contributed by atoms with van der Waals surface area (Å²) in [4.78, 5) is 0. The summed E-state index contributed by atoms with van der Waals surface area (Å²) in [5.41, 5.74) is 0. The van der Waals surface area contributed by atoms with Crippen molar-refractivity contribution < 1.29 is 5.11 Å². The van der Waals surface area contributed by atoms with Crippen molar-refractivity contribution in [1.82, 2.24) is 0 Å². The van der Waals surface area contributed by atoms with E-state index in [1.165, 1.54) is 25.7 Å². The Hall–Kier alpha value is -1.24. The molecule has 1 N–H and O–H groups in total. The molecule has 1 heteroatoms. The van der Waals surface area contributed by atoms with Crippen molar-refractivity contribution in [1.29, 1.82) is 0 Å². The van der Waals surface area contributed by atoms with Gasteiger partial charge in [-0.1, -0.05) is 56.2 Å². The highest BCUT2D eigenvalue weighted by Gasteiger charge is 1.79. The van der Waals surface area contributed by atoms with Gasteiger partial charge < -0.3 is 5.11 Å². The first-order chi connectivity index (χ1) is 6.91. The third kappa shape index (κ3) is 10.8. The van der Waals surface area contributed by atoms with Crippen LogP contribution in [0.25, 0.3) is 0 Å². The molecular weight excluding hydrogens is 172 g/mol. The van der Waals surface area contributed by atoms with Crippen LogP contribution in [0.1, 0.15) is 32.6 Å². The minimum atomic E-state index is 1.02. The van der Waals surface area contributed by atoms with Crippen LogP contribution < -0.4 is 0 Å². The third-order valence-corrected chi connectivity index (χ3v) is 1.75. The topological polar surface area (TPSA) is 20.2 Å². The van der Waals surface area contributed by atoms with Gasteiger partial charge in [0, 0.05) is 0 Å². The average Bonchev–Trinajstić information content (AvgIpc) is 2.21. The van der Waals surface area contributed by atoms with Gasteiger partial charge in [-0.25, -0.2) is 0 Å². The van der Waals surface area contributed by atoms with E-state index in [0.29, 0.717) is 0 Å². The first-order valence-electron chi connectivity index (χ1n) is 5.21. The first-order valence-corrected chi connectivity index (χ1v) is 5.21. The highest BCUT2D eigenvalue weighted by Crippen LogP contribution is 1.99. The largest absolute Gasteiger partial charge is 0.516 e. The Morgan fingerprint density at radius 2 is 1.50 bits per heavy atom. The predicted octanol–water partition coefficient (Wildman–Crippen LogP) is 4.31. The fourth-order valence-corrected chi connectivity index (χ4v) is 0.993. The van der Waals surface area contributed by atoms with Gasteiger partial charge in [0.15, 0.2) is 0 Å². The van der Waals surface area contributed by atoms with Crippen LogP contribution in [0.5, 0.6) is 0 Å². The molecule has 0 saturated carbocycles.